The second-order valence-electron chi connectivity index (χ2n) is 7.96. The molecule has 1 fully saturated rings. The average Bonchev–Trinajstić information content (AvgIpc) is 2.99. The number of pyridine rings is 1. The molecule has 29 heavy (non-hydrogen) atoms. The average molecular weight is 448 g/mol. The van der Waals surface area contributed by atoms with Crippen LogP contribution in [0, 0.1) is 0 Å². The lowest BCUT2D eigenvalue weighted by Gasteiger charge is -2.36. The summed E-state index contributed by atoms with van der Waals surface area (Å²) in [6, 6.07) is 20.6. The molecule has 2 aliphatic heterocycles. The number of likely N-dealkylation sites (tertiary alicyclic amines) is 1. The van der Waals surface area contributed by atoms with E-state index < -0.39 is 5.41 Å². The Labute approximate surface area is 179 Å². The van der Waals surface area contributed by atoms with Gasteiger partial charge in [-0.1, -0.05) is 42.5 Å². The van der Waals surface area contributed by atoms with Crippen LogP contribution in [0.2, 0.25) is 0 Å². The zero-order valence-electron chi connectivity index (χ0n) is 16.3. The Morgan fingerprint density at radius 1 is 0.966 bits per heavy atom. The number of rotatable bonds is 2. The number of nitrogens with zero attached hydrogens (tertiary/aromatic N) is 3. The Bertz CT molecular complexity index is 1060. The van der Waals surface area contributed by atoms with Gasteiger partial charge < -0.3 is 4.90 Å². The van der Waals surface area contributed by atoms with Crippen LogP contribution in [0.3, 0.4) is 0 Å². The van der Waals surface area contributed by atoms with Crippen molar-refractivity contribution in [3.63, 3.8) is 0 Å². The zero-order valence-corrected chi connectivity index (χ0v) is 17.9. The number of anilines is 2. The second kappa shape index (κ2) is 7.08. The highest BCUT2D eigenvalue weighted by Crippen LogP contribution is 2.50. The fraction of sp³-hybridized carbons (Fsp3) is 0.250. The van der Waals surface area contributed by atoms with E-state index in [0.717, 1.165) is 53.0 Å². The lowest BCUT2D eigenvalue weighted by Crippen LogP contribution is -2.46. The molecular formula is C24H22BrN3O. The van der Waals surface area contributed by atoms with E-state index in [2.05, 4.69) is 63.2 Å². The van der Waals surface area contributed by atoms with E-state index in [0.29, 0.717) is 0 Å². The number of hydrogen-bond acceptors (Lipinski definition) is 3. The quantitative estimate of drug-likeness (QED) is 0.544. The molecule has 146 valence electrons. The molecule has 4 nitrogen and oxygen atoms in total. The van der Waals surface area contributed by atoms with Gasteiger partial charge >= 0.3 is 0 Å². The van der Waals surface area contributed by atoms with Crippen molar-refractivity contribution in [2.75, 3.05) is 25.0 Å². The molecule has 0 atom stereocenters. The van der Waals surface area contributed by atoms with Crippen LogP contribution in [0.1, 0.15) is 18.4 Å². The van der Waals surface area contributed by atoms with Crippen LogP contribution in [0.15, 0.2) is 71.3 Å². The molecule has 3 heterocycles. The molecule has 5 rings (SSSR count). The van der Waals surface area contributed by atoms with Gasteiger partial charge in [0.2, 0.25) is 5.91 Å². The molecule has 0 radical (unpaired) electrons. The van der Waals surface area contributed by atoms with E-state index >= 15 is 0 Å². The van der Waals surface area contributed by atoms with Crippen molar-refractivity contribution in [3.8, 4) is 11.1 Å². The van der Waals surface area contributed by atoms with Crippen molar-refractivity contribution in [1.29, 1.82) is 0 Å². The maximum absolute atomic E-state index is 13.8. The molecule has 2 aliphatic rings. The summed E-state index contributed by atoms with van der Waals surface area (Å²) in [7, 11) is 2.12. The summed E-state index contributed by atoms with van der Waals surface area (Å²) in [5, 5.41) is 0. The number of hydrogen-bond donors (Lipinski definition) is 0. The molecule has 5 heteroatoms. The van der Waals surface area contributed by atoms with Crippen LogP contribution in [0.5, 0.6) is 0 Å². The van der Waals surface area contributed by atoms with Crippen molar-refractivity contribution in [1.82, 2.24) is 9.88 Å². The minimum atomic E-state index is -0.475. The molecule has 0 aliphatic carbocycles. The smallest absolute Gasteiger partial charge is 0.243 e. The molecule has 1 amide bonds. The summed E-state index contributed by atoms with van der Waals surface area (Å²) in [5.74, 6) is 0.925. The van der Waals surface area contributed by atoms with Crippen LogP contribution in [0.4, 0.5) is 11.5 Å². The molecular weight excluding hydrogens is 426 g/mol. The molecule has 1 aromatic heterocycles. The first-order valence-electron chi connectivity index (χ1n) is 9.93. The number of fused-ring (bicyclic) bond motifs is 2. The van der Waals surface area contributed by atoms with Gasteiger partial charge in [0.25, 0.3) is 0 Å². The van der Waals surface area contributed by atoms with Crippen LogP contribution >= 0.6 is 15.9 Å². The summed E-state index contributed by atoms with van der Waals surface area (Å²) in [6.45, 7) is 1.83. The van der Waals surface area contributed by atoms with E-state index in [1.54, 1.807) is 6.20 Å². The van der Waals surface area contributed by atoms with Gasteiger partial charge in [0, 0.05) is 16.2 Å². The first-order chi connectivity index (χ1) is 14.1. The van der Waals surface area contributed by atoms with E-state index in [4.69, 9.17) is 0 Å². The highest BCUT2D eigenvalue weighted by Gasteiger charge is 2.53. The van der Waals surface area contributed by atoms with Gasteiger partial charge in [-0.2, -0.15) is 0 Å². The van der Waals surface area contributed by atoms with E-state index in [9.17, 15) is 4.79 Å². The third kappa shape index (κ3) is 3.00. The molecule has 0 bridgehead atoms. The largest absolute Gasteiger partial charge is 0.306 e. The van der Waals surface area contributed by atoms with Crippen LogP contribution < -0.4 is 4.90 Å². The Morgan fingerprint density at radius 2 is 1.62 bits per heavy atom. The number of aromatic nitrogens is 1. The van der Waals surface area contributed by atoms with E-state index in [1.807, 2.05) is 35.2 Å². The van der Waals surface area contributed by atoms with Crippen LogP contribution in [-0.4, -0.2) is 35.9 Å². The van der Waals surface area contributed by atoms with Crippen molar-refractivity contribution >= 4 is 33.3 Å². The maximum Gasteiger partial charge on any atom is 0.243 e. The fourth-order valence-corrected chi connectivity index (χ4v) is 4.88. The lowest BCUT2D eigenvalue weighted by molar-refractivity contribution is -0.124. The van der Waals surface area contributed by atoms with Crippen LogP contribution in [0.25, 0.3) is 11.1 Å². The minimum Gasteiger partial charge on any atom is -0.306 e. The van der Waals surface area contributed by atoms with Gasteiger partial charge in [-0.3, -0.25) is 9.69 Å². The number of piperidine rings is 1. The Balaban J connectivity index is 1.57. The summed E-state index contributed by atoms with van der Waals surface area (Å²) in [4.78, 5) is 22.5. The van der Waals surface area contributed by atoms with Gasteiger partial charge in [-0.15, -0.1) is 0 Å². The van der Waals surface area contributed by atoms with Crippen molar-refractivity contribution < 1.29 is 4.79 Å². The monoisotopic (exact) mass is 447 g/mol. The van der Waals surface area contributed by atoms with Gasteiger partial charge in [-0.05, 0) is 78.2 Å². The third-order valence-electron chi connectivity index (χ3n) is 6.25. The first kappa shape index (κ1) is 18.5. The number of carbonyl (C=O) groups is 1. The van der Waals surface area contributed by atoms with E-state index in [-0.39, 0.29) is 5.91 Å². The Hall–Kier alpha value is -2.50. The molecule has 1 spiro atoms. The van der Waals surface area contributed by atoms with Gasteiger partial charge in [0.15, 0.2) is 0 Å². The van der Waals surface area contributed by atoms with Gasteiger partial charge in [0.05, 0.1) is 11.1 Å². The highest BCUT2D eigenvalue weighted by molar-refractivity contribution is 9.10. The summed E-state index contributed by atoms with van der Waals surface area (Å²) < 4.78 is 0.920. The van der Waals surface area contributed by atoms with Gasteiger partial charge in [0.1, 0.15) is 5.82 Å². The highest BCUT2D eigenvalue weighted by atomic mass is 79.9. The first-order valence-corrected chi connectivity index (χ1v) is 10.7. The molecule has 0 unspecified atom stereocenters. The Kier molecular flexibility index (Phi) is 4.52. The number of benzene rings is 2. The summed E-state index contributed by atoms with van der Waals surface area (Å²) in [5.41, 5.74) is 3.76. The van der Waals surface area contributed by atoms with Gasteiger partial charge in [-0.25, -0.2) is 4.98 Å². The minimum absolute atomic E-state index is 0.152. The molecule has 1 saturated heterocycles. The molecule has 3 aromatic rings. The number of amides is 1. The van der Waals surface area contributed by atoms with Crippen molar-refractivity contribution in [2.24, 2.45) is 0 Å². The topological polar surface area (TPSA) is 36.4 Å². The third-order valence-corrected chi connectivity index (χ3v) is 6.68. The molecule has 0 saturated carbocycles. The van der Waals surface area contributed by atoms with Crippen LogP contribution in [-0.2, 0) is 10.2 Å². The summed E-state index contributed by atoms with van der Waals surface area (Å²) >= 11 is 3.56. The fourth-order valence-electron chi connectivity index (χ4n) is 4.54. The predicted molar refractivity (Wildman–Crippen MR) is 119 cm³/mol. The predicted octanol–water partition coefficient (Wildman–Crippen LogP) is 5.15. The van der Waals surface area contributed by atoms with Crippen molar-refractivity contribution in [3.05, 3.63) is 76.9 Å². The SMILES string of the molecule is CN1CCC2(CC1)C(=O)N(c1ccc(-c3ccccc3)cc1)c1ncc(Br)cc12. The molecule has 0 N–H and O–H groups in total. The normalized spacial score (nSPS) is 18.3. The number of carbonyl (C=O) groups excluding carboxylic acids is 1. The standard InChI is InChI=1S/C24H22BrN3O/c1-27-13-11-24(12-14-27)21-15-19(25)16-26-22(21)28(23(24)29)20-9-7-18(8-10-20)17-5-3-2-4-6-17/h2-10,15-16H,11-14H2,1H3. The number of halogens is 1. The second-order valence-corrected chi connectivity index (χ2v) is 8.88. The van der Waals surface area contributed by atoms with E-state index in [1.165, 1.54) is 5.56 Å². The zero-order chi connectivity index (χ0) is 20.0. The lowest BCUT2D eigenvalue weighted by atomic mass is 9.74. The summed E-state index contributed by atoms with van der Waals surface area (Å²) in [6.07, 6.45) is 3.43. The van der Waals surface area contributed by atoms with Crippen molar-refractivity contribution in [2.45, 2.75) is 18.3 Å². The maximum atomic E-state index is 13.8. The Morgan fingerprint density at radius 3 is 2.31 bits per heavy atom. The molecule has 2 aromatic carbocycles.